The largest absolute Gasteiger partial charge is 0.382 e. The average molecular weight is 199 g/mol. The summed E-state index contributed by atoms with van der Waals surface area (Å²) in [5, 5.41) is 2.09. The molecule has 3 heteroatoms. The third-order valence-electron chi connectivity index (χ3n) is 1.88. The molecular weight excluding hydrogens is 182 g/mol. The molecule has 0 aliphatic rings. The van der Waals surface area contributed by atoms with E-state index >= 15 is 0 Å². The van der Waals surface area contributed by atoms with Crippen LogP contribution in [0.2, 0.25) is 0 Å². The quantitative estimate of drug-likeness (QED) is 0.712. The Kier molecular flexibility index (Phi) is 5.05. The van der Waals surface area contributed by atoms with Crippen molar-refractivity contribution < 1.29 is 4.74 Å². The molecule has 0 fully saturated rings. The number of ether oxygens (including phenoxy) is 1. The van der Waals surface area contributed by atoms with Gasteiger partial charge in [0.1, 0.15) is 0 Å². The van der Waals surface area contributed by atoms with Crippen LogP contribution in [0, 0.1) is 0 Å². The summed E-state index contributed by atoms with van der Waals surface area (Å²) in [6.45, 7) is 3.57. The Bertz CT molecular complexity index is 211. The molecule has 0 saturated heterocycles. The van der Waals surface area contributed by atoms with Crippen LogP contribution in [0.4, 0.5) is 0 Å². The molecule has 2 nitrogen and oxygen atoms in total. The fourth-order valence-electron chi connectivity index (χ4n) is 1.17. The number of rotatable bonds is 6. The summed E-state index contributed by atoms with van der Waals surface area (Å²) in [5.74, 6) is 0. The van der Waals surface area contributed by atoms with E-state index in [9.17, 15) is 0 Å². The van der Waals surface area contributed by atoms with Crippen molar-refractivity contribution in [1.29, 1.82) is 0 Å². The normalized spacial score (nSPS) is 13.1. The van der Waals surface area contributed by atoms with Crippen LogP contribution in [-0.4, -0.2) is 19.3 Å². The van der Waals surface area contributed by atoms with Gasteiger partial charge in [-0.1, -0.05) is 6.07 Å². The summed E-state index contributed by atoms with van der Waals surface area (Å²) in [6, 6.07) is 4.44. The lowest BCUT2D eigenvalue weighted by Gasteiger charge is -2.09. The van der Waals surface area contributed by atoms with E-state index in [1.807, 2.05) is 6.92 Å². The molecule has 0 aliphatic heterocycles. The molecule has 2 N–H and O–H groups in total. The Balaban J connectivity index is 2.14. The molecule has 0 saturated carbocycles. The van der Waals surface area contributed by atoms with Gasteiger partial charge in [0.05, 0.1) is 0 Å². The van der Waals surface area contributed by atoms with Gasteiger partial charge in [0.15, 0.2) is 0 Å². The second-order valence-corrected chi connectivity index (χ2v) is 4.06. The summed E-state index contributed by atoms with van der Waals surface area (Å²) in [5.41, 5.74) is 5.93. The Morgan fingerprint density at radius 3 is 3.08 bits per heavy atom. The van der Waals surface area contributed by atoms with Gasteiger partial charge in [-0.15, -0.1) is 11.3 Å². The zero-order valence-corrected chi connectivity index (χ0v) is 8.85. The maximum Gasteiger partial charge on any atom is 0.0480 e. The lowest BCUT2D eigenvalue weighted by Crippen LogP contribution is -2.24. The van der Waals surface area contributed by atoms with Crippen LogP contribution in [0.1, 0.15) is 18.2 Å². The molecule has 1 rings (SSSR count). The van der Waals surface area contributed by atoms with E-state index in [1.165, 1.54) is 4.88 Å². The van der Waals surface area contributed by atoms with Crippen LogP contribution in [0.3, 0.4) is 0 Å². The predicted octanol–water partition coefficient (Wildman–Crippen LogP) is 2.04. The van der Waals surface area contributed by atoms with Crippen molar-refractivity contribution in [3.8, 4) is 0 Å². The van der Waals surface area contributed by atoms with E-state index in [1.54, 1.807) is 11.3 Å². The number of nitrogens with two attached hydrogens (primary N) is 1. The van der Waals surface area contributed by atoms with Gasteiger partial charge >= 0.3 is 0 Å². The fraction of sp³-hybridized carbons (Fsp3) is 0.600. The molecule has 13 heavy (non-hydrogen) atoms. The highest BCUT2D eigenvalue weighted by atomic mass is 32.1. The molecule has 0 bridgehead atoms. The monoisotopic (exact) mass is 199 g/mol. The summed E-state index contributed by atoms with van der Waals surface area (Å²) < 4.78 is 5.25. The van der Waals surface area contributed by atoms with E-state index in [4.69, 9.17) is 10.5 Å². The zero-order valence-electron chi connectivity index (χ0n) is 8.03. The maximum absolute atomic E-state index is 5.93. The average Bonchev–Trinajstić information content (AvgIpc) is 2.57. The van der Waals surface area contributed by atoms with Crippen LogP contribution in [0.15, 0.2) is 17.5 Å². The third kappa shape index (κ3) is 4.41. The molecule has 0 aliphatic carbocycles. The van der Waals surface area contributed by atoms with Crippen molar-refractivity contribution in [3.05, 3.63) is 22.4 Å². The lowest BCUT2D eigenvalue weighted by molar-refractivity contribution is 0.140. The van der Waals surface area contributed by atoms with Crippen molar-refractivity contribution in [2.75, 3.05) is 13.2 Å². The van der Waals surface area contributed by atoms with Gasteiger partial charge in [-0.2, -0.15) is 0 Å². The van der Waals surface area contributed by atoms with Crippen molar-refractivity contribution in [3.63, 3.8) is 0 Å². The van der Waals surface area contributed by atoms with E-state index in [0.29, 0.717) is 0 Å². The van der Waals surface area contributed by atoms with E-state index in [0.717, 1.165) is 26.1 Å². The molecule has 74 valence electrons. The van der Waals surface area contributed by atoms with Gasteiger partial charge < -0.3 is 10.5 Å². The predicted molar refractivity (Wildman–Crippen MR) is 57.1 cm³/mol. The van der Waals surface area contributed by atoms with Crippen molar-refractivity contribution in [2.45, 2.75) is 25.8 Å². The Hall–Kier alpha value is -0.380. The summed E-state index contributed by atoms with van der Waals surface area (Å²) in [7, 11) is 0. The Labute approximate surface area is 83.7 Å². The number of hydrogen-bond acceptors (Lipinski definition) is 3. The van der Waals surface area contributed by atoms with Crippen molar-refractivity contribution >= 4 is 11.3 Å². The van der Waals surface area contributed by atoms with Crippen LogP contribution in [0.25, 0.3) is 0 Å². The highest BCUT2D eigenvalue weighted by molar-refractivity contribution is 7.09. The van der Waals surface area contributed by atoms with Gasteiger partial charge in [-0.25, -0.2) is 0 Å². The van der Waals surface area contributed by atoms with E-state index in [2.05, 4.69) is 17.5 Å². The molecule has 0 spiro atoms. The molecule has 0 amide bonds. The molecule has 0 radical (unpaired) electrons. The SMILES string of the molecule is CCOCCC(N)Cc1cccs1. The summed E-state index contributed by atoms with van der Waals surface area (Å²) in [4.78, 5) is 1.36. The minimum Gasteiger partial charge on any atom is -0.382 e. The number of thiophene rings is 1. The molecule has 1 aromatic heterocycles. The van der Waals surface area contributed by atoms with Gasteiger partial charge in [0.25, 0.3) is 0 Å². The van der Waals surface area contributed by atoms with E-state index < -0.39 is 0 Å². The molecule has 1 heterocycles. The van der Waals surface area contributed by atoms with Crippen molar-refractivity contribution in [1.82, 2.24) is 0 Å². The topological polar surface area (TPSA) is 35.2 Å². The summed E-state index contributed by atoms with van der Waals surface area (Å²) in [6.07, 6.45) is 1.93. The van der Waals surface area contributed by atoms with Gasteiger partial charge in [-0.05, 0) is 31.2 Å². The second kappa shape index (κ2) is 6.13. The molecule has 1 atom stereocenters. The van der Waals surface area contributed by atoms with Crippen LogP contribution >= 0.6 is 11.3 Å². The second-order valence-electron chi connectivity index (χ2n) is 3.03. The number of hydrogen-bond donors (Lipinski definition) is 1. The van der Waals surface area contributed by atoms with Gasteiger partial charge in [0.2, 0.25) is 0 Å². The minimum absolute atomic E-state index is 0.241. The fourth-order valence-corrected chi connectivity index (χ4v) is 1.97. The first kappa shape index (κ1) is 10.7. The first-order valence-corrected chi connectivity index (χ1v) is 5.56. The molecule has 0 aromatic carbocycles. The first-order valence-electron chi connectivity index (χ1n) is 4.68. The smallest absolute Gasteiger partial charge is 0.0480 e. The van der Waals surface area contributed by atoms with Crippen molar-refractivity contribution in [2.24, 2.45) is 5.73 Å². The zero-order chi connectivity index (χ0) is 9.52. The van der Waals surface area contributed by atoms with Crippen LogP contribution < -0.4 is 5.73 Å². The molecule has 1 aromatic rings. The third-order valence-corrected chi connectivity index (χ3v) is 2.78. The van der Waals surface area contributed by atoms with Gasteiger partial charge in [0, 0.05) is 24.1 Å². The highest BCUT2D eigenvalue weighted by Gasteiger charge is 2.04. The molecule has 1 unspecified atom stereocenters. The highest BCUT2D eigenvalue weighted by Crippen LogP contribution is 2.11. The lowest BCUT2D eigenvalue weighted by atomic mass is 10.1. The summed E-state index contributed by atoms with van der Waals surface area (Å²) >= 11 is 1.77. The Morgan fingerprint density at radius 2 is 2.46 bits per heavy atom. The Morgan fingerprint density at radius 1 is 1.62 bits per heavy atom. The maximum atomic E-state index is 5.93. The van der Waals surface area contributed by atoms with E-state index in [-0.39, 0.29) is 6.04 Å². The van der Waals surface area contributed by atoms with Crippen LogP contribution in [0.5, 0.6) is 0 Å². The van der Waals surface area contributed by atoms with Gasteiger partial charge in [-0.3, -0.25) is 0 Å². The molecular formula is C10H17NOS. The first-order chi connectivity index (χ1) is 6.33. The minimum atomic E-state index is 0.241. The standard InChI is InChI=1S/C10H17NOS/c1-2-12-6-5-9(11)8-10-4-3-7-13-10/h3-4,7,9H,2,5-6,8,11H2,1H3. The van der Waals surface area contributed by atoms with Crippen LogP contribution in [-0.2, 0) is 11.2 Å².